The summed E-state index contributed by atoms with van der Waals surface area (Å²) in [6, 6.07) is 8.12. The predicted octanol–water partition coefficient (Wildman–Crippen LogP) is 4.55. The Hall–Kier alpha value is -1.62. The highest BCUT2D eigenvalue weighted by atomic mass is 35.5. The van der Waals surface area contributed by atoms with Crippen molar-refractivity contribution < 1.29 is 9.53 Å². The zero-order valence-electron chi connectivity index (χ0n) is 11.6. The molecular formula is C15H13Cl3N2O2. The fraction of sp³-hybridized carbons (Fsp3) is 0.133. The molecule has 22 heavy (non-hydrogen) atoms. The molecule has 0 unspecified atom stereocenters. The number of hydrogen-bond donors (Lipinski definition) is 2. The smallest absolute Gasteiger partial charge is 0.262 e. The van der Waals surface area contributed by atoms with E-state index in [-0.39, 0.29) is 12.5 Å². The fourth-order valence-corrected chi connectivity index (χ4v) is 2.37. The van der Waals surface area contributed by atoms with Crippen LogP contribution in [0.25, 0.3) is 0 Å². The molecule has 0 aliphatic heterocycles. The number of aryl methyl sites for hydroxylation is 1. The number of amides is 1. The number of carbonyl (C=O) groups is 1. The van der Waals surface area contributed by atoms with Crippen LogP contribution >= 0.6 is 34.8 Å². The van der Waals surface area contributed by atoms with Crippen LogP contribution in [0.1, 0.15) is 5.56 Å². The number of carbonyl (C=O) groups excluding carboxylic acids is 1. The van der Waals surface area contributed by atoms with Crippen LogP contribution in [0.4, 0.5) is 11.4 Å². The number of nitrogen functional groups attached to an aromatic ring is 1. The predicted molar refractivity (Wildman–Crippen MR) is 91.2 cm³/mol. The quantitative estimate of drug-likeness (QED) is 0.787. The molecule has 0 radical (unpaired) electrons. The molecule has 0 aliphatic rings. The van der Waals surface area contributed by atoms with Crippen LogP contribution in [0.3, 0.4) is 0 Å². The molecule has 0 saturated heterocycles. The third-order valence-corrected chi connectivity index (χ3v) is 3.73. The van der Waals surface area contributed by atoms with Crippen LogP contribution in [0.5, 0.6) is 5.75 Å². The lowest BCUT2D eigenvalue weighted by Crippen LogP contribution is -2.20. The van der Waals surface area contributed by atoms with Gasteiger partial charge in [-0.2, -0.15) is 0 Å². The largest absolute Gasteiger partial charge is 0.483 e. The third kappa shape index (κ3) is 4.19. The Bertz CT molecular complexity index is 720. The standard InChI is InChI=1S/C15H13Cl3N2O2/c1-8-4-9(16)2-3-14(8)22-7-15(21)20-13-6-10(17)12(19)5-11(13)18/h2-6H,7,19H2,1H3,(H,20,21). The normalized spacial score (nSPS) is 10.4. The molecule has 0 fully saturated rings. The molecule has 2 aromatic carbocycles. The monoisotopic (exact) mass is 358 g/mol. The van der Waals surface area contributed by atoms with E-state index >= 15 is 0 Å². The van der Waals surface area contributed by atoms with E-state index in [1.807, 2.05) is 6.92 Å². The van der Waals surface area contributed by atoms with Gasteiger partial charge >= 0.3 is 0 Å². The van der Waals surface area contributed by atoms with Crippen molar-refractivity contribution in [3.8, 4) is 5.75 Å². The summed E-state index contributed by atoms with van der Waals surface area (Å²) in [5.41, 5.74) is 7.18. The molecule has 0 bridgehead atoms. The highest BCUT2D eigenvalue weighted by Gasteiger charge is 2.10. The second-order valence-corrected chi connectivity index (χ2v) is 5.85. The van der Waals surface area contributed by atoms with Gasteiger partial charge in [0.1, 0.15) is 5.75 Å². The van der Waals surface area contributed by atoms with E-state index < -0.39 is 0 Å². The van der Waals surface area contributed by atoms with Gasteiger partial charge in [0.05, 0.1) is 21.4 Å². The van der Waals surface area contributed by atoms with E-state index in [9.17, 15) is 4.79 Å². The number of halogens is 3. The average molecular weight is 360 g/mol. The first-order chi connectivity index (χ1) is 10.4. The summed E-state index contributed by atoms with van der Waals surface area (Å²) in [5, 5.41) is 3.84. The molecule has 0 aromatic heterocycles. The Kier molecular flexibility index (Phi) is 5.40. The fourth-order valence-electron chi connectivity index (χ4n) is 1.76. The Morgan fingerprint density at radius 1 is 1.18 bits per heavy atom. The number of hydrogen-bond acceptors (Lipinski definition) is 3. The van der Waals surface area contributed by atoms with Crippen LogP contribution in [0.15, 0.2) is 30.3 Å². The SMILES string of the molecule is Cc1cc(Cl)ccc1OCC(=O)Nc1cc(Cl)c(N)cc1Cl. The lowest BCUT2D eigenvalue weighted by Gasteiger charge is -2.11. The van der Waals surface area contributed by atoms with Crippen molar-refractivity contribution >= 4 is 52.1 Å². The summed E-state index contributed by atoms with van der Waals surface area (Å²) < 4.78 is 5.45. The van der Waals surface area contributed by atoms with Gasteiger partial charge in [-0.15, -0.1) is 0 Å². The summed E-state index contributed by atoms with van der Waals surface area (Å²) in [5.74, 6) is 0.220. The topological polar surface area (TPSA) is 64.3 Å². The van der Waals surface area contributed by atoms with Gasteiger partial charge in [0.25, 0.3) is 5.91 Å². The van der Waals surface area contributed by atoms with Gasteiger partial charge in [-0.05, 0) is 42.8 Å². The molecule has 0 aliphatic carbocycles. The first-order valence-corrected chi connectivity index (χ1v) is 7.43. The number of nitrogens with one attached hydrogen (secondary N) is 1. The first-order valence-electron chi connectivity index (χ1n) is 6.30. The van der Waals surface area contributed by atoms with Crippen molar-refractivity contribution in [3.05, 3.63) is 51.0 Å². The van der Waals surface area contributed by atoms with Crippen molar-refractivity contribution in [3.63, 3.8) is 0 Å². The minimum atomic E-state index is -0.364. The van der Waals surface area contributed by atoms with E-state index in [1.165, 1.54) is 12.1 Å². The molecule has 1 amide bonds. The second kappa shape index (κ2) is 7.09. The van der Waals surface area contributed by atoms with Crippen molar-refractivity contribution in [2.24, 2.45) is 0 Å². The summed E-state index contributed by atoms with van der Waals surface area (Å²) in [7, 11) is 0. The number of anilines is 2. The number of rotatable bonds is 4. The highest BCUT2D eigenvalue weighted by molar-refractivity contribution is 6.37. The molecule has 0 spiro atoms. The molecule has 3 N–H and O–H groups in total. The molecule has 0 heterocycles. The van der Waals surface area contributed by atoms with Crippen LogP contribution in [-0.4, -0.2) is 12.5 Å². The maximum Gasteiger partial charge on any atom is 0.262 e. The molecule has 4 nitrogen and oxygen atoms in total. The number of nitrogens with two attached hydrogens (primary N) is 1. The van der Waals surface area contributed by atoms with Crippen molar-refractivity contribution in [1.29, 1.82) is 0 Å². The van der Waals surface area contributed by atoms with Gasteiger partial charge in [0, 0.05) is 5.02 Å². The summed E-state index contributed by atoms with van der Waals surface area (Å²) in [4.78, 5) is 11.9. The highest BCUT2D eigenvalue weighted by Crippen LogP contribution is 2.30. The molecule has 2 rings (SSSR count). The van der Waals surface area contributed by atoms with Gasteiger partial charge in [-0.1, -0.05) is 34.8 Å². The third-order valence-electron chi connectivity index (χ3n) is 2.86. The van der Waals surface area contributed by atoms with E-state index in [4.69, 9.17) is 45.3 Å². The average Bonchev–Trinajstić information content (AvgIpc) is 2.44. The maximum atomic E-state index is 11.9. The number of ether oxygens (including phenoxy) is 1. The molecule has 2 aromatic rings. The number of benzene rings is 2. The van der Waals surface area contributed by atoms with Crippen LogP contribution < -0.4 is 15.8 Å². The van der Waals surface area contributed by atoms with E-state index in [0.717, 1.165) is 5.56 Å². The summed E-state index contributed by atoms with van der Waals surface area (Å²) in [6.45, 7) is 1.68. The Balaban J connectivity index is 2.00. The van der Waals surface area contributed by atoms with Crippen LogP contribution in [0.2, 0.25) is 15.1 Å². The van der Waals surface area contributed by atoms with Crippen molar-refractivity contribution in [2.75, 3.05) is 17.7 Å². The molecule has 7 heteroatoms. The molecule has 0 atom stereocenters. The van der Waals surface area contributed by atoms with Gasteiger partial charge in [0.2, 0.25) is 0 Å². The van der Waals surface area contributed by atoms with Crippen molar-refractivity contribution in [2.45, 2.75) is 6.92 Å². The Morgan fingerprint density at radius 3 is 2.59 bits per heavy atom. The summed E-state index contributed by atoms with van der Waals surface area (Å²) in [6.07, 6.45) is 0. The molecule has 116 valence electrons. The summed E-state index contributed by atoms with van der Waals surface area (Å²) >= 11 is 17.8. The van der Waals surface area contributed by atoms with Gasteiger partial charge < -0.3 is 15.8 Å². The molecule has 0 saturated carbocycles. The van der Waals surface area contributed by atoms with Gasteiger partial charge in [-0.25, -0.2) is 0 Å². The van der Waals surface area contributed by atoms with E-state index in [0.29, 0.717) is 32.2 Å². The molecular weight excluding hydrogens is 347 g/mol. The van der Waals surface area contributed by atoms with E-state index in [1.54, 1.807) is 18.2 Å². The Morgan fingerprint density at radius 2 is 1.91 bits per heavy atom. The van der Waals surface area contributed by atoms with Crippen LogP contribution in [-0.2, 0) is 4.79 Å². The zero-order chi connectivity index (χ0) is 16.3. The zero-order valence-corrected chi connectivity index (χ0v) is 13.9. The lowest BCUT2D eigenvalue weighted by atomic mass is 10.2. The Labute approximate surface area is 143 Å². The lowest BCUT2D eigenvalue weighted by molar-refractivity contribution is -0.118. The van der Waals surface area contributed by atoms with Crippen molar-refractivity contribution in [1.82, 2.24) is 0 Å². The van der Waals surface area contributed by atoms with E-state index in [2.05, 4.69) is 5.32 Å². The minimum absolute atomic E-state index is 0.166. The van der Waals surface area contributed by atoms with Gasteiger partial charge in [0.15, 0.2) is 6.61 Å². The van der Waals surface area contributed by atoms with Crippen LogP contribution in [0, 0.1) is 6.92 Å². The first kappa shape index (κ1) is 16.7. The second-order valence-electron chi connectivity index (χ2n) is 4.60. The minimum Gasteiger partial charge on any atom is -0.483 e. The van der Waals surface area contributed by atoms with Gasteiger partial charge in [-0.3, -0.25) is 4.79 Å². The maximum absolute atomic E-state index is 11.9.